The first-order valence-corrected chi connectivity index (χ1v) is 8.98. The van der Waals surface area contributed by atoms with Crippen molar-refractivity contribution in [2.45, 2.75) is 18.4 Å². The van der Waals surface area contributed by atoms with Gasteiger partial charge in [0.2, 0.25) is 5.91 Å². The van der Waals surface area contributed by atoms with Gasteiger partial charge in [-0.05, 0) is 49.4 Å². The number of carbonyl (C=O) groups excluding carboxylic acids is 1. The highest BCUT2D eigenvalue weighted by molar-refractivity contribution is 8.00. The lowest BCUT2D eigenvalue weighted by atomic mass is 10.2. The van der Waals surface area contributed by atoms with Crippen LogP contribution < -0.4 is 19.5 Å². The minimum absolute atomic E-state index is 0.0382. The fourth-order valence-corrected chi connectivity index (χ4v) is 2.94. The summed E-state index contributed by atoms with van der Waals surface area (Å²) in [7, 11) is 3.21. The maximum atomic E-state index is 12.1. The van der Waals surface area contributed by atoms with Gasteiger partial charge in [0, 0.05) is 17.0 Å². The summed E-state index contributed by atoms with van der Waals surface area (Å²) < 4.78 is 15.9. The summed E-state index contributed by atoms with van der Waals surface area (Å²) in [6.07, 6.45) is 0. The van der Waals surface area contributed by atoms with Crippen LogP contribution in [0, 0.1) is 0 Å². The van der Waals surface area contributed by atoms with Crippen LogP contribution in [0.25, 0.3) is 0 Å². The zero-order valence-corrected chi connectivity index (χ0v) is 15.5. The molecule has 0 aliphatic heterocycles. The smallest absolute Gasteiger partial charge is 0.230 e. The summed E-state index contributed by atoms with van der Waals surface area (Å²) in [6, 6.07) is 13.2. The summed E-state index contributed by atoms with van der Waals surface area (Å²) >= 11 is 1.48. The Balaban J connectivity index is 1.84. The maximum absolute atomic E-state index is 12.1. The minimum Gasteiger partial charge on any atom is -0.497 e. The fraction of sp³-hybridized carbons (Fsp3) is 0.316. The van der Waals surface area contributed by atoms with E-state index in [0.29, 0.717) is 18.9 Å². The molecule has 1 N–H and O–H groups in total. The van der Waals surface area contributed by atoms with Crippen molar-refractivity contribution in [3.8, 4) is 17.2 Å². The van der Waals surface area contributed by atoms with Gasteiger partial charge in [0.1, 0.15) is 17.2 Å². The second-order valence-electron chi connectivity index (χ2n) is 5.15. The third-order valence-electron chi connectivity index (χ3n) is 3.47. The first kappa shape index (κ1) is 19.0. The zero-order valence-electron chi connectivity index (χ0n) is 14.7. The number of amides is 1. The van der Waals surface area contributed by atoms with Gasteiger partial charge in [-0.1, -0.05) is 0 Å². The van der Waals surface area contributed by atoms with Gasteiger partial charge in [-0.3, -0.25) is 4.79 Å². The summed E-state index contributed by atoms with van der Waals surface area (Å²) in [6.45, 7) is 2.98. The SMILES string of the molecule is CCOc1ccc(SCC(=O)NCc2cc(OC)ccc2OC)cc1. The second-order valence-corrected chi connectivity index (χ2v) is 6.20. The van der Waals surface area contributed by atoms with Gasteiger partial charge in [0.25, 0.3) is 0 Å². The predicted molar refractivity (Wildman–Crippen MR) is 99.7 cm³/mol. The number of nitrogens with one attached hydrogen (secondary N) is 1. The van der Waals surface area contributed by atoms with Crippen molar-refractivity contribution in [2.75, 3.05) is 26.6 Å². The minimum atomic E-state index is -0.0382. The highest BCUT2D eigenvalue weighted by Crippen LogP contribution is 2.24. The Morgan fingerprint density at radius 2 is 1.76 bits per heavy atom. The molecule has 0 saturated carbocycles. The molecule has 25 heavy (non-hydrogen) atoms. The summed E-state index contributed by atoms with van der Waals surface area (Å²) in [5.41, 5.74) is 0.876. The number of thioether (sulfide) groups is 1. The molecule has 0 bridgehead atoms. The van der Waals surface area contributed by atoms with Crippen molar-refractivity contribution in [3.05, 3.63) is 48.0 Å². The predicted octanol–water partition coefficient (Wildman–Crippen LogP) is 3.51. The van der Waals surface area contributed by atoms with Gasteiger partial charge < -0.3 is 19.5 Å². The highest BCUT2D eigenvalue weighted by Gasteiger charge is 2.08. The third-order valence-corrected chi connectivity index (χ3v) is 4.48. The molecule has 0 heterocycles. The van der Waals surface area contributed by atoms with Gasteiger partial charge in [-0.15, -0.1) is 11.8 Å². The van der Waals surface area contributed by atoms with Crippen LogP contribution in [-0.2, 0) is 11.3 Å². The Kier molecular flexibility index (Phi) is 7.47. The number of carbonyl (C=O) groups is 1. The maximum Gasteiger partial charge on any atom is 0.230 e. The molecule has 5 nitrogen and oxygen atoms in total. The van der Waals surface area contributed by atoms with Crippen LogP contribution in [0.2, 0.25) is 0 Å². The molecule has 2 rings (SSSR count). The standard InChI is InChI=1S/C19H23NO4S/c1-4-24-15-5-8-17(9-6-15)25-13-19(21)20-12-14-11-16(22-2)7-10-18(14)23-3/h5-11H,4,12-13H2,1-3H3,(H,20,21). The molecular formula is C19H23NO4S. The number of ether oxygens (including phenoxy) is 3. The molecule has 0 unspecified atom stereocenters. The lowest BCUT2D eigenvalue weighted by molar-refractivity contribution is -0.118. The van der Waals surface area contributed by atoms with E-state index in [9.17, 15) is 4.79 Å². The van der Waals surface area contributed by atoms with E-state index < -0.39 is 0 Å². The van der Waals surface area contributed by atoms with Gasteiger partial charge in [-0.25, -0.2) is 0 Å². The molecule has 0 aromatic heterocycles. The van der Waals surface area contributed by atoms with E-state index in [1.54, 1.807) is 14.2 Å². The Hall–Kier alpha value is -2.34. The van der Waals surface area contributed by atoms with E-state index in [1.165, 1.54) is 11.8 Å². The fourth-order valence-electron chi connectivity index (χ4n) is 2.21. The van der Waals surface area contributed by atoms with Gasteiger partial charge in [0.15, 0.2) is 0 Å². The van der Waals surface area contributed by atoms with Crippen LogP contribution in [0.1, 0.15) is 12.5 Å². The van der Waals surface area contributed by atoms with Crippen LogP contribution >= 0.6 is 11.8 Å². The lowest BCUT2D eigenvalue weighted by Crippen LogP contribution is -2.24. The molecule has 2 aromatic carbocycles. The summed E-state index contributed by atoms with van der Waals surface area (Å²) in [5, 5.41) is 2.91. The van der Waals surface area contributed by atoms with Crippen molar-refractivity contribution in [1.82, 2.24) is 5.32 Å². The number of hydrogen-bond acceptors (Lipinski definition) is 5. The number of hydrogen-bond donors (Lipinski definition) is 1. The van der Waals surface area contributed by atoms with E-state index in [1.807, 2.05) is 49.4 Å². The van der Waals surface area contributed by atoms with Crippen molar-refractivity contribution < 1.29 is 19.0 Å². The Morgan fingerprint density at radius 1 is 1.04 bits per heavy atom. The molecule has 0 fully saturated rings. The topological polar surface area (TPSA) is 56.8 Å². The van der Waals surface area contributed by atoms with E-state index in [0.717, 1.165) is 27.7 Å². The van der Waals surface area contributed by atoms with Crippen molar-refractivity contribution in [2.24, 2.45) is 0 Å². The molecule has 0 aliphatic carbocycles. The summed E-state index contributed by atoms with van der Waals surface area (Å²) in [5.74, 6) is 2.60. The lowest BCUT2D eigenvalue weighted by Gasteiger charge is -2.11. The Morgan fingerprint density at radius 3 is 2.40 bits per heavy atom. The van der Waals surface area contributed by atoms with Gasteiger partial charge >= 0.3 is 0 Å². The van der Waals surface area contributed by atoms with E-state index in [4.69, 9.17) is 14.2 Å². The Bertz CT molecular complexity index is 688. The number of benzene rings is 2. The van der Waals surface area contributed by atoms with Crippen LogP contribution in [0.3, 0.4) is 0 Å². The monoisotopic (exact) mass is 361 g/mol. The molecule has 134 valence electrons. The van der Waals surface area contributed by atoms with E-state index in [-0.39, 0.29) is 5.91 Å². The van der Waals surface area contributed by atoms with Crippen molar-refractivity contribution >= 4 is 17.7 Å². The average Bonchev–Trinajstić information content (AvgIpc) is 2.65. The first-order valence-electron chi connectivity index (χ1n) is 7.99. The van der Waals surface area contributed by atoms with Gasteiger partial charge in [-0.2, -0.15) is 0 Å². The molecule has 2 aromatic rings. The van der Waals surface area contributed by atoms with Crippen LogP contribution in [0.5, 0.6) is 17.2 Å². The highest BCUT2D eigenvalue weighted by atomic mass is 32.2. The largest absolute Gasteiger partial charge is 0.497 e. The summed E-state index contributed by atoms with van der Waals surface area (Å²) in [4.78, 5) is 13.1. The van der Waals surface area contributed by atoms with E-state index >= 15 is 0 Å². The first-order chi connectivity index (χ1) is 12.2. The normalized spacial score (nSPS) is 10.2. The van der Waals surface area contributed by atoms with Crippen LogP contribution in [0.15, 0.2) is 47.4 Å². The van der Waals surface area contributed by atoms with Gasteiger partial charge in [0.05, 0.1) is 26.6 Å². The second kappa shape index (κ2) is 9.84. The molecule has 0 saturated heterocycles. The molecule has 6 heteroatoms. The van der Waals surface area contributed by atoms with Crippen molar-refractivity contribution in [3.63, 3.8) is 0 Å². The van der Waals surface area contributed by atoms with Crippen molar-refractivity contribution in [1.29, 1.82) is 0 Å². The molecule has 1 amide bonds. The number of methoxy groups -OCH3 is 2. The molecule has 0 radical (unpaired) electrons. The quantitative estimate of drug-likeness (QED) is 0.693. The van der Waals surface area contributed by atoms with Crippen LogP contribution in [0.4, 0.5) is 0 Å². The zero-order chi connectivity index (χ0) is 18.1. The molecular weight excluding hydrogens is 338 g/mol. The third kappa shape index (κ3) is 5.90. The molecule has 0 aliphatic rings. The number of rotatable bonds is 9. The molecule has 0 atom stereocenters. The Labute approximate surface area is 152 Å². The van der Waals surface area contributed by atoms with E-state index in [2.05, 4.69) is 5.32 Å². The van der Waals surface area contributed by atoms with Crippen LogP contribution in [-0.4, -0.2) is 32.5 Å². The average molecular weight is 361 g/mol. The molecule has 0 spiro atoms.